The maximum atomic E-state index is 12.9. The van der Waals surface area contributed by atoms with E-state index in [1.165, 1.54) is 21.7 Å². The average molecular weight is 456 g/mol. The molecular formula is C18H18ClN3O3S3. The number of fused-ring (bicyclic) bond motifs is 1. The van der Waals surface area contributed by atoms with E-state index in [0.29, 0.717) is 28.5 Å². The largest absolute Gasteiger partial charge is 0.319 e. The number of carbonyl (C=O) groups excluding carboxylic acids is 1. The highest BCUT2D eigenvalue weighted by Crippen LogP contribution is 2.32. The number of carbonyl (C=O) groups is 1. The van der Waals surface area contributed by atoms with Gasteiger partial charge in [0.25, 0.3) is 15.9 Å². The van der Waals surface area contributed by atoms with Gasteiger partial charge in [-0.2, -0.15) is 9.30 Å². The summed E-state index contributed by atoms with van der Waals surface area (Å²) >= 11 is 8.32. The summed E-state index contributed by atoms with van der Waals surface area (Å²) in [5.74, 6) is -0.427. The highest BCUT2D eigenvalue weighted by atomic mass is 35.5. The molecule has 0 N–H and O–H groups in total. The van der Waals surface area contributed by atoms with E-state index >= 15 is 0 Å². The number of thiazole rings is 1. The number of halogens is 1. The Kier molecular flexibility index (Phi) is 5.22. The number of para-hydroxylation sites is 1. The van der Waals surface area contributed by atoms with Gasteiger partial charge < -0.3 is 4.57 Å². The summed E-state index contributed by atoms with van der Waals surface area (Å²) in [6, 6.07) is 8.22. The third-order valence-electron chi connectivity index (χ3n) is 4.83. The Morgan fingerprint density at radius 2 is 2.04 bits per heavy atom. The smallest absolute Gasteiger partial charge is 0.266 e. The van der Waals surface area contributed by atoms with E-state index in [9.17, 15) is 13.2 Å². The molecule has 4 rings (SSSR count). The molecule has 10 heteroatoms. The number of rotatable bonds is 3. The molecule has 6 nitrogen and oxygen atoms in total. The second kappa shape index (κ2) is 7.38. The Bertz CT molecular complexity index is 1240. The summed E-state index contributed by atoms with van der Waals surface area (Å²) < 4.78 is 30.6. The topological polar surface area (TPSA) is 71.7 Å². The van der Waals surface area contributed by atoms with Crippen LogP contribution < -0.4 is 4.80 Å². The lowest BCUT2D eigenvalue weighted by Gasteiger charge is -2.20. The molecule has 0 saturated carbocycles. The number of amides is 1. The fourth-order valence-electron chi connectivity index (χ4n) is 3.50. The van der Waals surface area contributed by atoms with Gasteiger partial charge in [-0.15, -0.1) is 11.3 Å². The van der Waals surface area contributed by atoms with Gasteiger partial charge in [-0.3, -0.25) is 4.79 Å². The normalized spacial score (nSPS) is 19.0. The van der Waals surface area contributed by atoms with Crippen LogP contribution in [-0.2, 0) is 21.9 Å². The van der Waals surface area contributed by atoms with Crippen molar-refractivity contribution in [2.24, 2.45) is 12.0 Å². The average Bonchev–Trinajstić information content (AvgIpc) is 3.35. The molecule has 1 atom stereocenters. The first-order valence-electron chi connectivity index (χ1n) is 8.70. The quantitative estimate of drug-likeness (QED) is 0.606. The molecule has 28 heavy (non-hydrogen) atoms. The highest BCUT2D eigenvalue weighted by Gasteiger charge is 2.40. The zero-order valence-electron chi connectivity index (χ0n) is 15.3. The van der Waals surface area contributed by atoms with Crippen LogP contribution in [0.5, 0.6) is 0 Å². The molecule has 0 spiro atoms. The van der Waals surface area contributed by atoms with Crippen molar-refractivity contribution in [1.82, 2.24) is 8.87 Å². The summed E-state index contributed by atoms with van der Waals surface area (Å²) in [7, 11) is -1.89. The van der Waals surface area contributed by atoms with Gasteiger partial charge in [0, 0.05) is 13.6 Å². The molecule has 1 amide bonds. The fraction of sp³-hybridized carbons (Fsp3) is 0.333. The third-order valence-corrected chi connectivity index (χ3v) is 9.53. The summed E-state index contributed by atoms with van der Waals surface area (Å²) in [4.78, 5) is 17.8. The van der Waals surface area contributed by atoms with Crippen LogP contribution in [0.3, 0.4) is 0 Å². The van der Waals surface area contributed by atoms with Crippen LogP contribution in [0.4, 0.5) is 0 Å². The van der Waals surface area contributed by atoms with Crippen molar-refractivity contribution in [3.63, 3.8) is 0 Å². The third kappa shape index (κ3) is 3.35. The number of hydrogen-bond acceptors (Lipinski definition) is 5. The molecule has 1 aromatic carbocycles. The van der Waals surface area contributed by atoms with Gasteiger partial charge in [-0.25, -0.2) is 8.42 Å². The number of thiophene rings is 1. The molecule has 1 unspecified atom stereocenters. The summed E-state index contributed by atoms with van der Waals surface area (Å²) in [5.41, 5.74) is 2.13. The molecule has 0 radical (unpaired) electrons. The van der Waals surface area contributed by atoms with E-state index in [1.807, 2.05) is 36.7 Å². The zero-order valence-corrected chi connectivity index (χ0v) is 18.5. The number of aromatic nitrogens is 1. The monoisotopic (exact) mass is 455 g/mol. The standard InChI is InChI=1S/C18H18ClN3O3S3/c1-11-5-3-7-13-16(11)21(2)18(26-13)20-17(23)12-6-4-10-22(12)28(24,25)15-9-8-14(19)27-15/h3,5,7-9,12H,4,6,10H2,1-2H3. The first-order valence-corrected chi connectivity index (χ1v) is 12.1. The van der Waals surface area contributed by atoms with Crippen LogP contribution in [0.2, 0.25) is 4.34 Å². The minimum atomic E-state index is -3.76. The number of sulfonamides is 1. The van der Waals surface area contributed by atoms with E-state index in [2.05, 4.69) is 4.99 Å². The Balaban J connectivity index is 1.71. The Morgan fingerprint density at radius 3 is 2.71 bits per heavy atom. The van der Waals surface area contributed by atoms with Gasteiger partial charge in [-0.05, 0) is 43.5 Å². The van der Waals surface area contributed by atoms with Crippen molar-refractivity contribution in [3.8, 4) is 0 Å². The predicted molar refractivity (Wildman–Crippen MR) is 112 cm³/mol. The van der Waals surface area contributed by atoms with Crippen molar-refractivity contribution >= 4 is 60.4 Å². The minimum Gasteiger partial charge on any atom is -0.319 e. The van der Waals surface area contributed by atoms with Gasteiger partial charge in [0.2, 0.25) is 0 Å². The molecule has 148 valence electrons. The summed E-state index contributed by atoms with van der Waals surface area (Å²) in [5, 5.41) is 0. The van der Waals surface area contributed by atoms with E-state index in [4.69, 9.17) is 11.6 Å². The van der Waals surface area contributed by atoms with Gasteiger partial charge in [0.1, 0.15) is 10.3 Å². The molecular weight excluding hydrogens is 438 g/mol. The highest BCUT2D eigenvalue weighted by molar-refractivity contribution is 7.91. The van der Waals surface area contributed by atoms with Crippen molar-refractivity contribution in [2.75, 3.05) is 6.54 Å². The van der Waals surface area contributed by atoms with Crippen molar-refractivity contribution < 1.29 is 13.2 Å². The SMILES string of the molecule is Cc1cccc2sc(=NC(=O)C3CCCN3S(=O)(=O)c3ccc(Cl)s3)n(C)c12. The Labute approximate surface area is 175 Å². The number of benzene rings is 1. The first-order chi connectivity index (χ1) is 13.3. The molecule has 1 saturated heterocycles. The van der Waals surface area contributed by atoms with Crippen LogP contribution in [0, 0.1) is 6.92 Å². The first kappa shape index (κ1) is 19.8. The molecule has 1 aliphatic heterocycles. The van der Waals surface area contributed by atoms with Crippen molar-refractivity contribution in [3.05, 3.63) is 45.0 Å². The second-order valence-corrected chi connectivity index (χ2v) is 11.5. The molecule has 0 aliphatic carbocycles. The van der Waals surface area contributed by atoms with E-state index in [-0.39, 0.29) is 4.21 Å². The van der Waals surface area contributed by atoms with E-state index in [0.717, 1.165) is 27.1 Å². The lowest BCUT2D eigenvalue weighted by molar-refractivity contribution is -0.121. The van der Waals surface area contributed by atoms with Crippen molar-refractivity contribution in [2.45, 2.75) is 30.0 Å². The van der Waals surface area contributed by atoms with E-state index in [1.54, 1.807) is 6.07 Å². The molecule has 2 aromatic heterocycles. The second-order valence-electron chi connectivity index (χ2n) is 6.65. The fourth-order valence-corrected chi connectivity index (χ4v) is 7.86. The molecule has 0 bridgehead atoms. The van der Waals surface area contributed by atoms with Crippen LogP contribution in [0.25, 0.3) is 10.2 Å². The Morgan fingerprint density at radius 1 is 1.25 bits per heavy atom. The van der Waals surface area contributed by atoms with Gasteiger partial charge in [0.15, 0.2) is 4.80 Å². The van der Waals surface area contributed by atoms with Gasteiger partial charge >= 0.3 is 0 Å². The van der Waals surface area contributed by atoms with Crippen LogP contribution in [0.1, 0.15) is 18.4 Å². The van der Waals surface area contributed by atoms with E-state index < -0.39 is 22.0 Å². The summed E-state index contributed by atoms with van der Waals surface area (Å²) in [6.07, 6.45) is 1.09. The molecule has 3 heterocycles. The zero-order chi connectivity index (χ0) is 20.1. The number of aryl methyl sites for hydroxylation is 2. The maximum Gasteiger partial charge on any atom is 0.266 e. The van der Waals surface area contributed by atoms with Gasteiger partial charge in [0.05, 0.1) is 14.6 Å². The number of nitrogens with zero attached hydrogens (tertiary/aromatic N) is 3. The molecule has 1 fully saturated rings. The molecule has 3 aromatic rings. The van der Waals surface area contributed by atoms with Crippen molar-refractivity contribution in [1.29, 1.82) is 0 Å². The predicted octanol–water partition coefficient (Wildman–Crippen LogP) is 3.54. The minimum absolute atomic E-state index is 0.153. The lowest BCUT2D eigenvalue weighted by atomic mass is 10.2. The van der Waals surface area contributed by atoms with Crippen LogP contribution in [-0.4, -0.2) is 35.8 Å². The molecule has 1 aliphatic rings. The van der Waals surface area contributed by atoms with Gasteiger partial charge in [-0.1, -0.05) is 35.1 Å². The van der Waals surface area contributed by atoms with Crippen LogP contribution >= 0.6 is 34.3 Å². The lowest BCUT2D eigenvalue weighted by Crippen LogP contribution is -2.40. The summed E-state index contributed by atoms with van der Waals surface area (Å²) in [6.45, 7) is 2.32. The maximum absolute atomic E-state index is 12.9. The van der Waals surface area contributed by atoms with Crippen LogP contribution in [0.15, 0.2) is 39.5 Å². The number of hydrogen-bond donors (Lipinski definition) is 0. The Hall–Kier alpha value is -1.52.